The predicted molar refractivity (Wildman–Crippen MR) is 241 cm³/mol. The first kappa shape index (κ1) is 44.2. The predicted octanol–water partition coefficient (Wildman–Crippen LogP) is 8.95. The van der Waals surface area contributed by atoms with E-state index in [0.717, 1.165) is 29.7 Å². The van der Waals surface area contributed by atoms with Crippen molar-refractivity contribution in [2.45, 2.75) is 80.3 Å². The van der Waals surface area contributed by atoms with Crippen molar-refractivity contribution in [1.29, 1.82) is 0 Å². The number of esters is 2. The molecule has 2 fully saturated rings. The van der Waals surface area contributed by atoms with Crippen LogP contribution >= 0.6 is 0 Å². The maximum Gasteiger partial charge on any atom is 0.331 e. The Kier molecular flexibility index (Phi) is 13.6. The van der Waals surface area contributed by atoms with Crippen molar-refractivity contribution < 1.29 is 35.8 Å². The summed E-state index contributed by atoms with van der Waals surface area (Å²) in [5.41, 5.74) is 5.19. The fourth-order valence-corrected chi connectivity index (χ4v) is 9.97. The van der Waals surface area contributed by atoms with Gasteiger partial charge in [-0.3, -0.25) is 23.9 Å². The van der Waals surface area contributed by atoms with Crippen molar-refractivity contribution in [3.63, 3.8) is 0 Å². The molecule has 3 heterocycles. The number of piperidine rings is 1. The van der Waals surface area contributed by atoms with E-state index in [-0.39, 0.29) is 52.5 Å². The van der Waals surface area contributed by atoms with Gasteiger partial charge in [0.05, 0.1) is 36.2 Å². The van der Waals surface area contributed by atoms with Crippen LogP contribution in [-0.4, -0.2) is 60.8 Å². The van der Waals surface area contributed by atoms with Gasteiger partial charge < -0.3 is 22.7 Å². The van der Waals surface area contributed by atoms with Gasteiger partial charge in [0.15, 0.2) is 11.5 Å². The van der Waals surface area contributed by atoms with Gasteiger partial charge in [0, 0.05) is 30.9 Å². The van der Waals surface area contributed by atoms with Gasteiger partial charge in [-0.1, -0.05) is 39.0 Å². The minimum absolute atomic E-state index is 0.0993. The van der Waals surface area contributed by atoms with Crippen molar-refractivity contribution in [2.75, 3.05) is 34.0 Å². The number of aryl methyl sites for hydroxylation is 3. The fraction of sp³-hybridized carbons (Fsp3) is 0.422. The van der Waals surface area contributed by atoms with Crippen LogP contribution in [0.15, 0.2) is 60.8 Å². The lowest BCUT2D eigenvalue weighted by atomic mass is 9.75. The lowest BCUT2D eigenvalue weighted by Crippen LogP contribution is -2.37. The lowest BCUT2D eigenvalue weighted by Gasteiger charge is -2.37. The number of anilines is 3. The molecule has 1 saturated carbocycles. The van der Waals surface area contributed by atoms with Crippen LogP contribution in [0.5, 0.6) is 11.5 Å². The van der Waals surface area contributed by atoms with Crippen LogP contribution in [0, 0.1) is 51.0 Å². The third kappa shape index (κ3) is 9.92. The molecule has 0 bridgehead atoms. The Morgan fingerprint density at radius 3 is 2.24 bits per heavy atom. The highest BCUT2D eigenvalue weighted by Crippen LogP contribution is 2.38. The highest BCUT2D eigenvalue weighted by molar-refractivity contribution is 7.82. The molecule has 2 aliphatic rings. The van der Waals surface area contributed by atoms with Crippen LogP contribution in [0.4, 0.5) is 22.7 Å². The molecule has 3 N–H and O–H groups in total. The number of nitrogens with one attached hydrogen (secondary N) is 3. The number of carbonyl (C=O) groups excluding carboxylic acids is 2. The smallest absolute Gasteiger partial charge is 0.331 e. The number of benzene rings is 3. The molecule has 0 radical (unpaired) electrons. The molecule has 3 aromatic carbocycles. The first-order valence-electron chi connectivity index (χ1n) is 20.9. The minimum atomic E-state index is -2.14. The summed E-state index contributed by atoms with van der Waals surface area (Å²) in [6, 6.07) is 16.2. The van der Waals surface area contributed by atoms with Gasteiger partial charge in [-0.25, -0.2) is 14.6 Å². The quantitative estimate of drug-likeness (QED) is 0.0723. The first-order valence-corrected chi connectivity index (χ1v) is 23.0. The summed E-state index contributed by atoms with van der Waals surface area (Å²) in [5, 5.41) is 3.20. The molecule has 1 saturated heterocycles. The largest absolute Gasteiger partial charge is 0.466 e. The summed E-state index contributed by atoms with van der Waals surface area (Å²) in [6.45, 7) is 23.0. The van der Waals surface area contributed by atoms with E-state index >= 15 is 0 Å². The number of aromatic amines is 1. The average molecular weight is 884 g/mol. The molecule has 0 spiro atoms. The first-order chi connectivity index (χ1) is 29.7. The zero-order valence-electron chi connectivity index (χ0n) is 36.0. The summed E-state index contributed by atoms with van der Waals surface area (Å²) in [7, 11) is 0. The van der Waals surface area contributed by atoms with Crippen LogP contribution in [-0.2, 0) is 36.8 Å². The van der Waals surface area contributed by atoms with Gasteiger partial charge in [0.2, 0.25) is 5.69 Å². The van der Waals surface area contributed by atoms with Gasteiger partial charge in [0.25, 0.3) is 0 Å². The Morgan fingerprint density at radius 2 is 1.56 bits per heavy atom. The summed E-state index contributed by atoms with van der Waals surface area (Å²) < 4.78 is 57.3. The van der Waals surface area contributed by atoms with E-state index in [1.165, 1.54) is 6.20 Å². The molecule has 328 valence electrons. The topological polar surface area (TPSA) is 170 Å². The monoisotopic (exact) mass is 883 g/mol. The number of hydrogen-bond donors (Lipinski definition) is 3. The van der Waals surface area contributed by atoms with Gasteiger partial charge in [-0.15, -0.1) is 0 Å². The maximum atomic E-state index is 13.9. The fourth-order valence-electron chi connectivity index (χ4n) is 8.54. The van der Waals surface area contributed by atoms with Crippen LogP contribution in [0.1, 0.15) is 80.4 Å². The summed E-state index contributed by atoms with van der Waals surface area (Å²) in [4.78, 5) is 36.8. The molecule has 5 aromatic rings. The van der Waals surface area contributed by atoms with E-state index in [1.54, 1.807) is 42.6 Å². The Morgan fingerprint density at radius 1 is 0.903 bits per heavy atom. The normalized spacial score (nSPS) is 20.2. The number of nitrogens with zero attached hydrogens (tertiary/aromatic N) is 4. The SMILES string of the molecule is [C-]#[N+]c1cn2[nH]c(-c3ccc(N4CCC(C(=O)OCC)CC4)c(NS(=O)Oc4cc(NS(=O)Oc5cc(C)ccc5C)ccc4C)c3)nc2c1C(=O)OC1C(C)CC(C)CC1C. The average Bonchev–Trinajstić information content (AvgIpc) is 3.80. The molecule has 0 amide bonds. The summed E-state index contributed by atoms with van der Waals surface area (Å²) >= 11 is -4.07. The number of fused-ring (bicyclic) bond motifs is 1. The number of ether oxygens (including phenoxy) is 2. The third-order valence-corrected chi connectivity index (χ3v) is 13.1. The van der Waals surface area contributed by atoms with E-state index in [2.05, 4.69) is 45.1 Å². The zero-order valence-corrected chi connectivity index (χ0v) is 37.6. The second kappa shape index (κ2) is 19.0. The second-order valence-corrected chi connectivity index (χ2v) is 18.2. The highest BCUT2D eigenvalue weighted by Gasteiger charge is 2.36. The number of carbonyl (C=O) groups is 2. The number of aromatic nitrogens is 3. The summed E-state index contributed by atoms with van der Waals surface area (Å²) in [6.07, 6.45) is 4.33. The number of H-pyrrole nitrogens is 1. The molecule has 1 aliphatic heterocycles. The minimum Gasteiger partial charge on any atom is -0.466 e. The van der Waals surface area contributed by atoms with Crippen molar-refractivity contribution in [2.24, 2.45) is 23.7 Å². The van der Waals surface area contributed by atoms with Gasteiger partial charge >= 0.3 is 34.5 Å². The van der Waals surface area contributed by atoms with Gasteiger partial charge in [0.1, 0.15) is 23.2 Å². The third-order valence-electron chi connectivity index (χ3n) is 11.6. The van der Waals surface area contributed by atoms with E-state index in [4.69, 9.17) is 29.4 Å². The van der Waals surface area contributed by atoms with E-state index in [0.29, 0.717) is 72.5 Å². The van der Waals surface area contributed by atoms with Crippen LogP contribution < -0.4 is 22.7 Å². The molecule has 2 aromatic heterocycles. The van der Waals surface area contributed by atoms with Crippen LogP contribution in [0.2, 0.25) is 0 Å². The standard InChI is InChI=1S/C45H53N7O8S2/c1-9-57-44(53)32-16-18-51(19-17-32)37-15-13-33(42-47-43-40(36(46-8)25-52(43)48-42)45(54)58-41-30(6)20-27(3)21-31(41)7)23-35(37)50-62(56)60-39-24-34(14-12-29(39)5)49-61(55)59-38-22-26(2)10-11-28(38)4/h10-15,22-25,27,30-32,41,49-50H,9,16-21H2,1-7H3,(H,47,48). The molecule has 1 aliphatic carbocycles. The Balaban J connectivity index is 1.14. The lowest BCUT2D eigenvalue weighted by molar-refractivity contribution is -0.148. The van der Waals surface area contributed by atoms with Gasteiger partial charge in [-0.2, -0.15) is 8.42 Å². The molecule has 62 heavy (non-hydrogen) atoms. The van der Waals surface area contributed by atoms with Crippen molar-refractivity contribution >= 4 is 62.9 Å². The van der Waals surface area contributed by atoms with Crippen molar-refractivity contribution in [1.82, 2.24) is 14.6 Å². The molecular formula is C45H53N7O8S2. The molecule has 4 atom stereocenters. The Bertz CT molecular complexity index is 2550. The highest BCUT2D eigenvalue weighted by atomic mass is 32.2. The van der Waals surface area contributed by atoms with Crippen LogP contribution in [0.3, 0.4) is 0 Å². The maximum absolute atomic E-state index is 13.9. The number of hydrogen-bond acceptors (Lipinski definition) is 10. The molecule has 7 rings (SSSR count). The van der Waals surface area contributed by atoms with E-state index in [9.17, 15) is 18.0 Å². The molecular weight excluding hydrogens is 831 g/mol. The molecule has 17 heteroatoms. The van der Waals surface area contributed by atoms with E-state index in [1.807, 2.05) is 44.2 Å². The molecule has 4 unspecified atom stereocenters. The zero-order chi connectivity index (χ0) is 44.2. The Labute approximate surface area is 367 Å². The van der Waals surface area contributed by atoms with Crippen molar-refractivity contribution in [3.8, 4) is 22.9 Å². The molecule has 15 nitrogen and oxygen atoms in total. The van der Waals surface area contributed by atoms with Crippen LogP contribution in [0.25, 0.3) is 21.9 Å². The number of rotatable bonds is 14. The van der Waals surface area contributed by atoms with E-state index < -0.39 is 28.5 Å². The second-order valence-electron chi connectivity index (χ2n) is 16.5. The van der Waals surface area contributed by atoms with Crippen molar-refractivity contribution in [3.05, 3.63) is 94.5 Å². The summed E-state index contributed by atoms with van der Waals surface area (Å²) in [5.74, 6) is 1.06. The Hall–Kier alpha value is -5.86. The van der Waals surface area contributed by atoms with Gasteiger partial charge in [-0.05, 0) is 118 Å².